The second-order valence-corrected chi connectivity index (χ2v) is 3.18. The Hall–Kier alpha value is -1.84. The zero-order valence-corrected chi connectivity index (χ0v) is 9.56. The molecule has 16 heavy (non-hydrogen) atoms. The van der Waals surface area contributed by atoms with Crippen molar-refractivity contribution in [3.63, 3.8) is 0 Å². The largest absolute Gasteiger partial charge is 0.480 e. The van der Waals surface area contributed by atoms with Crippen LogP contribution in [0.3, 0.4) is 0 Å². The van der Waals surface area contributed by atoms with E-state index in [0.717, 1.165) is 0 Å². The number of carbonyl (C=O) groups is 2. The monoisotopic (exact) mass is 223 g/mol. The number of nitrogens with one attached hydrogen (secondary N) is 1. The number of hydrogen-bond donors (Lipinski definition) is 2. The highest BCUT2D eigenvalue weighted by molar-refractivity contribution is 5.80. The predicted octanol–water partition coefficient (Wildman–Crippen LogP) is 1.59. The SMILES string of the molecule is CCC(=O)NCC(=O)O.Cc1ccccc1. The van der Waals surface area contributed by atoms with Crippen molar-refractivity contribution in [2.24, 2.45) is 0 Å². The molecule has 0 fully saturated rings. The highest BCUT2D eigenvalue weighted by Crippen LogP contribution is 1.92. The summed E-state index contributed by atoms with van der Waals surface area (Å²) in [7, 11) is 0. The van der Waals surface area contributed by atoms with Crippen molar-refractivity contribution >= 4 is 11.9 Å². The van der Waals surface area contributed by atoms with Crippen molar-refractivity contribution < 1.29 is 14.7 Å². The molecular formula is C12H17NO3. The van der Waals surface area contributed by atoms with Gasteiger partial charge in [-0.1, -0.05) is 42.8 Å². The summed E-state index contributed by atoms with van der Waals surface area (Å²) >= 11 is 0. The Morgan fingerprint density at radius 3 is 2.12 bits per heavy atom. The summed E-state index contributed by atoms with van der Waals surface area (Å²) in [6.07, 6.45) is 0.327. The first-order valence-corrected chi connectivity index (χ1v) is 5.06. The van der Waals surface area contributed by atoms with Crippen LogP contribution in [0.4, 0.5) is 0 Å². The standard InChI is InChI=1S/C7H8.C5H9NO3/c1-7-5-3-2-4-6-7;1-2-4(7)6-3-5(8)9/h2-6H,1H3;2-3H2,1H3,(H,6,7)(H,8,9). The summed E-state index contributed by atoms with van der Waals surface area (Å²) in [6.45, 7) is 3.46. The molecule has 0 unspecified atom stereocenters. The van der Waals surface area contributed by atoms with Crippen molar-refractivity contribution in [3.05, 3.63) is 35.9 Å². The normalized spacial score (nSPS) is 8.62. The Morgan fingerprint density at radius 1 is 1.25 bits per heavy atom. The van der Waals surface area contributed by atoms with Gasteiger partial charge in [0, 0.05) is 6.42 Å². The van der Waals surface area contributed by atoms with Crippen LogP contribution in [0.1, 0.15) is 18.9 Å². The van der Waals surface area contributed by atoms with Gasteiger partial charge in [0.05, 0.1) is 0 Å². The first-order chi connectivity index (χ1) is 7.56. The number of aliphatic carboxylic acids is 1. The molecule has 4 heteroatoms. The fourth-order valence-electron chi connectivity index (χ4n) is 0.834. The van der Waals surface area contributed by atoms with Crippen molar-refractivity contribution in [1.29, 1.82) is 0 Å². The van der Waals surface area contributed by atoms with Crippen LogP contribution >= 0.6 is 0 Å². The fourth-order valence-corrected chi connectivity index (χ4v) is 0.834. The molecule has 0 saturated heterocycles. The third-order valence-corrected chi connectivity index (χ3v) is 1.70. The van der Waals surface area contributed by atoms with Gasteiger partial charge in [0.25, 0.3) is 0 Å². The van der Waals surface area contributed by atoms with Gasteiger partial charge in [-0.25, -0.2) is 0 Å². The Bertz CT molecular complexity index is 322. The molecule has 2 N–H and O–H groups in total. The molecule has 4 nitrogen and oxygen atoms in total. The highest BCUT2D eigenvalue weighted by Gasteiger charge is 1.98. The van der Waals surface area contributed by atoms with Gasteiger partial charge in [-0.2, -0.15) is 0 Å². The minimum Gasteiger partial charge on any atom is -0.480 e. The van der Waals surface area contributed by atoms with Gasteiger partial charge >= 0.3 is 5.97 Å². The molecule has 0 aliphatic carbocycles. The summed E-state index contributed by atoms with van der Waals surface area (Å²) in [5, 5.41) is 10.2. The Balaban J connectivity index is 0.000000288. The molecule has 1 aromatic carbocycles. The minimum absolute atomic E-state index is 0.239. The highest BCUT2D eigenvalue weighted by atomic mass is 16.4. The van der Waals surface area contributed by atoms with Gasteiger partial charge < -0.3 is 10.4 Å². The smallest absolute Gasteiger partial charge is 0.322 e. The number of carbonyl (C=O) groups excluding carboxylic acids is 1. The Labute approximate surface area is 95.3 Å². The van der Waals surface area contributed by atoms with Crippen molar-refractivity contribution in [1.82, 2.24) is 5.32 Å². The van der Waals surface area contributed by atoms with E-state index in [0.29, 0.717) is 6.42 Å². The Morgan fingerprint density at radius 2 is 1.81 bits per heavy atom. The maximum Gasteiger partial charge on any atom is 0.322 e. The van der Waals surface area contributed by atoms with Crippen LogP contribution in [0.2, 0.25) is 0 Å². The molecule has 0 atom stereocenters. The van der Waals surface area contributed by atoms with Crippen molar-refractivity contribution in [2.75, 3.05) is 6.54 Å². The molecule has 0 spiro atoms. The first-order valence-electron chi connectivity index (χ1n) is 5.06. The van der Waals surface area contributed by atoms with Crippen LogP contribution in [0.25, 0.3) is 0 Å². The molecule has 1 amide bonds. The third-order valence-electron chi connectivity index (χ3n) is 1.70. The van der Waals surface area contributed by atoms with E-state index in [-0.39, 0.29) is 12.5 Å². The van der Waals surface area contributed by atoms with Crippen LogP contribution in [-0.2, 0) is 9.59 Å². The summed E-state index contributed by atoms with van der Waals surface area (Å²) in [5.41, 5.74) is 1.32. The molecule has 0 aliphatic rings. The average Bonchev–Trinajstić information content (AvgIpc) is 2.27. The van der Waals surface area contributed by atoms with Gasteiger partial charge in [0.15, 0.2) is 0 Å². The number of amides is 1. The molecule has 1 aromatic rings. The molecule has 0 radical (unpaired) electrons. The minimum atomic E-state index is -1.02. The topological polar surface area (TPSA) is 66.4 Å². The van der Waals surface area contributed by atoms with Crippen molar-refractivity contribution in [2.45, 2.75) is 20.3 Å². The van der Waals surface area contributed by atoms with Crippen LogP contribution in [0.5, 0.6) is 0 Å². The van der Waals surface area contributed by atoms with E-state index in [2.05, 4.69) is 24.4 Å². The number of carboxylic acid groups (broad SMARTS) is 1. The van der Waals surface area contributed by atoms with Gasteiger partial charge in [0.1, 0.15) is 6.54 Å². The van der Waals surface area contributed by atoms with E-state index in [1.165, 1.54) is 5.56 Å². The Kier molecular flexibility index (Phi) is 7.49. The number of rotatable bonds is 3. The molecule has 0 aliphatic heterocycles. The van der Waals surface area contributed by atoms with E-state index in [9.17, 15) is 9.59 Å². The predicted molar refractivity (Wildman–Crippen MR) is 62.1 cm³/mol. The lowest BCUT2D eigenvalue weighted by molar-refractivity contribution is -0.137. The van der Waals surface area contributed by atoms with Crippen molar-refractivity contribution in [3.8, 4) is 0 Å². The van der Waals surface area contributed by atoms with E-state index in [1.807, 2.05) is 18.2 Å². The lowest BCUT2D eigenvalue weighted by Gasteiger charge is -1.95. The van der Waals surface area contributed by atoms with Gasteiger partial charge in [-0.15, -0.1) is 0 Å². The second kappa shape index (κ2) is 8.47. The first kappa shape index (κ1) is 14.2. The lowest BCUT2D eigenvalue weighted by Crippen LogP contribution is -2.28. The van der Waals surface area contributed by atoms with Crippen LogP contribution in [-0.4, -0.2) is 23.5 Å². The van der Waals surface area contributed by atoms with Gasteiger partial charge in [-0.05, 0) is 6.92 Å². The zero-order valence-electron chi connectivity index (χ0n) is 9.56. The molecule has 1 rings (SSSR count). The van der Waals surface area contributed by atoms with Gasteiger partial charge in [-0.3, -0.25) is 9.59 Å². The zero-order chi connectivity index (χ0) is 12.4. The van der Waals surface area contributed by atoms with Crippen LogP contribution in [0, 0.1) is 6.92 Å². The number of carboxylic acids is 1. The van der Waals surface area contributed by atoms with Gasteiger partial charge in [0.2, 0.25) is 5.91 Å². The summed E-state index contributed by atoms with van der Waals surface area (Å²) in [5.74, 6) is -1.26. The average molecular weight is 223 g/mol. The van der Waals surface area contributed by atoms with Crippen LogP contribution < -0.4 is 5.32 Å². The molecule has 0 bridgehead atoms. The van der Waals surface area contributed by atoms with E-state index in [1.54, 1.807) is 6.92 Å². The van der Waals surface area contributed by atoms with E-state index >= 15 is 0 Å². The van der Waals surface area contributed by atoms with E-state index in [4.69, 9.17) is 5.11 Å². The number of hydrogen-bond acceptors (Lipinski definition) is 2. The maximum absolute atomic E-state index is 10.3. The van der Waals surface area contributed by atoms with Crippen LogP contribution in [0.15, 0.2) is 30.3 Å². The second-order valence-electron chi connectivity index (χ2n) is 3.18. The lowest BCUT2D eigenvalue weighted by atomic mass is 10.2. The molecule has 0 saturated carbocycles. The van der Waals surface area contributed by atoms with E-state index < -0.39 is 5.97 Å². The summed E-state index contributed by atoms with van der Waals surface area (Å²) in [4.78, 5) is 20.1. The molecule has 0 aromatic heterocycles. The maximum atomic E-state index is 10.3. The third kappa shape index (κ3) is 8.74. The summed E-state index contributed by atoms with van der Waals surface area (Å²) in [6, 6.07) is 10.3. The molecule has 88 valence electrons. The number of aryl methyl sites for hydroxylation is 1. The molecule has 0 heterocycles. The summed E-state index contributed by atoms with van der Waals surface area (Å²) < 4.78 is 0. The quantitative estimate of drug-likeness (QED) is 0.817. The fraction of sp³-hybridized carbons (Fsp3) is 0.333. The number of benzene rings is 1. The molecular weight excluding hydrogens is 206 g/mol.